The summed E-state index contributed by atoms with van der Waals surface area (Å²) in [6.07, 6.45) is -1.80. The number of benzene rings is 1. The topological polar surface area (TPSA) is 46.5 Å². The third kappa shape index (κ3) is 7.20. The molecule has 3 nitrogen and oxygen atoms in total. The Kier molecular flexibility index (Phi) is 8.00. The van der Waals surface area contributed by atoms with E-state index in [9.17, 15) is 9.90 Å². The van der Waals surface area contributed by atoms with Gasteiger partial charge in [0.15, 0.2) is 8.32 Å². The van der Waals surface area contributed by atoms with E-state index >= 15 is 0 Å². The van der Waals surface area contributed by atoms with Crippen molar-refractivity contribution < 1.29 is 14.3 Å². The quantitative estimate of drug-likeness (QED) is 0.441. The second-order valence-electron chi connectivity index (χ2n) is 7.78. The lowest BCUT2D eigenvalue weighted by molar-refractivity contribution is -0.122. The van der Waals surface area contributed by atoms with Crippen LogP contribution in [-0.4, -0.2) is 29.1 Å². The van der Waals surface area contributed by atoms with E-state index in [-0.39, 0.29) is 23.7 Å². The maximum atomic E-state index is 12.4. The molecule has 0 heterocycles. The van der Waals surface area contributed by atoms with Crippen LogP contribution in [0.1, 0.15) is 45.3 Å². The van der Waals surface area contributed by atoms with Crippen molar-refractivity contribution in [3.8, 4) is 0 Å². The summed E-state index contributed by atoms with van der Waals surface area (Å²) in [5, 5.41) is 10.1. The molecular weight excluding hydrogens is 399 g/mol. The van der Waals surface area contributed by atoms with Gasteiger partial charge in [-0.2, -0.15) is 0 Å². The molecule has 0 unspecified atom stereocenters. The van der Waals surface area contributed by atoms with E-state index in [4.69, 9.17) is 39.2 Å². The average molecular weight is 426 g/mol. The van der Waals surface area contributed by atoms with E-state index in [0.717, 1.165) is 0 Å². The highest BCUT2D eigenvalue weighted by atomic mass is 35.6. The molecule has 0 amide bonds. The Morgan fingerprint density at radius 3 is 2.08 bits per heavy atom. The van der Waals surface area contributed by atoms with E-state index in [1.165, 1.54) is 0 Å². The summed E-state index contributed by atoms with van der Waals surface area (Å²) in [6, 6.07) is 9.03. The molecule has 0 saturated heterocycles. The highest BCUT2D eigenvalue weighted by molar-refractivity contribution is 6.74. The maximum Gasteiger partial charge on any atom is 0.215 e. The van der Waals surface area contributed by atoms with Crippen molar-refractivity contribution in [2.75, 3.05) is 0 Å². The zero-order valence-electron chi connectivity index (χ0n) is 15.4. The summed E-state index contributed by atoms with van der Waals surface area (Å²) in [7, 11) is -2.22. The van der Waals surface area contributed by atoms with Gasteiger partial charge in [0.2, 0.25) is 3.79 Å². The lowest BCUT2D eigenvalue weighted by Crippen LogP contribution is -2.48. The first-order chi connectivity index (χ1) is 11.2. The number of Topliss-reactive ketones (excluding diaryl/α,β-unsaturated/α-hetero) is 1. The number of carbonyl (C=O) groups is 1. The second kappa shape index (κ2) is 8.72. The molecule has 1 rings (SSSR count). The van der Waals surface area contributed by atoms with Crippen LogP contribution in [0.25, 0.3) is 0 Å². The molecule has 0 aliphatic heterocycles. The summed E-state index contributed by atoms with van der Waals surface area (Å²) in [5.74, 6) is -0.202. The van der Waals surface area contributed by atoms with Crippen molar-refractivity contribution >= 4 is 48.9 Å². The van der Waals surface area contributed by atoms with Crippen molar-refractivity contribution in [3.05, 3.63) is 35.9 Å². The van der Waals surface area contributed by atoms with Gasteiger partial charge in [-0.3, -0.25) is 4.79 Å². The number of aliphatic hydroxyl groups excluding tert-OH is 1. The molecular formula is C18H27Cl3O3Si. The monoisotopic (exact) mass is 424 g/mol. The number of aliphatic hydroxyl groups is 1. The molecule has 2 atom stereocenters. The van der Waals surface area contributed by atoms with Crippen molar-refractivity contribution in [2.24, 2.45) is 0 Å². The van der Waals surface area contributed by atoms with Crippen molar-refractivity contribution in [1.29, 1.82) is 0 Å². The minimum absolute atomic E-state index is 0.0396. The van der Waals surface area contributed by atoms with Crippen LogP contribution >= 0.6 is 34.8 Å². The van der Waals surface area contributed by atoms with E-state index in [1.807, 2.05) is 31.3 Å². The summed E-state index contributed by atoms with van der Waals surface area (Å²) < 4.78 is 4.46. The number of hydrogen-bond donors (Lipinski definition) is 1. The van der Waals surface area contributed by atoms with Crippen LogP contribution in [-0.2, 0) is 9.22 Å². The van der Waals surface area contributed by atoms with E-state index in [2.05, 4.69) is 20.8 Å². The molecule has 0 aliphatic carbocycles. The van der Waals surface area contributed by atoms with Crippen LogP contribution in [0.4, 0.5) is 0 Å². The third-order valence-corrected chi connectivity index (χ3v) is 9.84. The Bertz CT molecular complexity index is 565. The Labute approximate surface area is 166 Å². The van der Waals surface area contributed by atoms with Gasteiger partial charge in [0.25, 0.3) is 0 Å². The Morgan fingerprint density at radius 2 is 1.64 bits per heavy atom. The van der Waals surface area contributed by atoms with Crippen molar-refractivity contribution in [1.82, 2.24) is 0 Å². The van der Waals surface area contributed by atoms with Crippen LogP contribution in [0.5, 0.6) is 0 Å². The number of hydrogen-bond acceptors (Lipinski definition) is 3. The van der Waals surface area contributed by atoms with E-state index in [0.29, 0.717) is 5.56 Å². The molecule has 0 saturated carbocycles. The molecule has 7 heteroatoms. The first-order valence-electron chi connectivity index (χ1n) is 8.23. The standard InChI is InChI=1S/C18H27Cl3O3Si/c1-17(2,3)25(4,5)24-16(18(19,20)21)12-14(22)11-15(23)13-9-7-6-8-10-13/h6-10,15-16,23H,11-12H2,1-5H3/t15-,16+/m1/s1. The number of carbonyl (C=O) groups excluding carboxylic acids is 1. The van der Waals surface area contributed by atoms with E-state index in [1.54, 1.807) is 12.1 Å². The zero-order valence-corrected chi connectivity index (χ0v) is 18.6. The smallest absolute Gasteiger partial charge is 0.215 e. The first-order valence-corrected chi connectivity index (χ1v) is 12.3. The number of halogens is 3. The van der Waals surface area contributed by atoms with Gasteiger partial charge in [-0.15, -0.1) is 0 Å². The maximum absolute atomic E-state index is 12.4. The molecule has 1 N–H and O–H groups in total. The highest BCUT2D eigenvalue weighted by Gasteiger charge is 2.45. The SMILES string of the molecule is CC(C)(C)[Si](C)(C)O[C@@H](CC(=O)C[C@@H](O)c1ccccc1)C(Cl)(Cl)Cl. The van der Waals surface area contributed by atoms with Gasteiger partial charge in [0, 0.05) is 12.8 Å². The Balaban J connectivity index is 2.81. The lowest BCUT2D eigenvalue weighted by Gasteiger charge is -2.41. The molecule has 0 fully saturated rings. The molecule has 25 heavy (non-hydrogen) atoms. The van der Waals surface area contributed by atoms with Crippen LogP contribution < -0.4 is 0 Å². The van der Waals surface area contributed by atoms with Gasteiger partial charge < -0.3 is 9.53 Å². The summed E-state index contributed by atoms with van der Waals surface area (Å²) in [6.45, 7) is 10.3. The van der Waals surface area contributed by atoms with Crippen LogP contribution in [0, 0.1) is 0 Å². The number of ketones is 1. The molecule has 0 aliphatic rings. The molecule has 0 bridgehead atoms. The first kappa shape index (κ1) is 22.9. The predicted molar refractivity (Wildman–Crippen MR) is 108 cm³/mol. The molecule has 1 aromatic rings. The van der Waals surface area contributed by atoms with Crippen LogP contribution in [0.3, 0.4) is 0 Å². The molecule has 0 aromatic heterocycles. The van der Waals surface area contributed by atoms with Gasteiger partial charge in [-0.05, 0) is 23.7 Å². The second-order valence-corrected chi connectivity index (χ2v) is 14.9. The molecule has 0 spiro atoms. The predicted octanol–water partition coefficient (Wildman–Crippen LogP) is 5.83. The van der Waals surface area contributed by atoms with Crippen LogP contribution in [0.2, 0.25) is 18.1 Å². The van der Waals surface area contributed by atoms with Crippen LogP contribution in [0.15, 0.2) is 30.3 Å². The van der Waals surface area contributed by atoms with Gasteiger partial charge in [-0.25, -0.2) is 0 Å². The van der Waals surface area contributed by atoms with E-state index < -0.39 is 24.3 Å². The Morgan fingerprint density at radius 1 is 1.12 bits per heavy atom. The number of rotatable bonds is 7. The molecule has 142 valence electrons. The fourth-order valence-electron chi connectivity index (χ4n) is 2.06. The summed E-state index contributed by atoms with van der Waals surface area (Å²) in [4.78, 5) is 12.4. The molecule has 0 radical (unpaired) electrons. The normalized spacial score (nSPS) is 15.7. The summed E-state index contributed by atoms with van der Waals surface area (Å²) in [5.41, 5.74) is 0.687. The van der Waals surface area contributed by atoms with Gasteiger partial charge in [0.1, 0.15) is 5.78 Å². The average Bonchev–Trinajstić information content (AvgIpc) is 2.45. The largest absolute Gasteiger partial charge is 0.409 e. The minimum atomic E-state index is -2.22. The number of alkyl halides is 3. The zero-order chi connectivity index (χ0) is 19.5. The molecule has 1 aromatic carbocycles. The van der Waals surface area contributed by atoms with Crippen molar-refractivity contribution in [2.45, 2.75) is 67.7 Å². The van der Waals surface area contributed by atoms with Gasteiger partial charge in [-0.1, -0.05) is 85.9 Å². The highest BCUT2D eigenvalue weighted by Crippen LogP contribution is 2.42. The Hall–Kier alpha value is -0.103. The lowest BCUT2D eigenvalue weighted by atomic mass is 10.0. The third-order valence-electron chi connectivity index (χ3n) is 4.63. The van der Waals surface area contributed by atoms with Gasteiger partial charge in [0.05, 0.1) is 12.2 Å². The minimum Gasteiger partial charge on any atom is -0.409 e. The fraction of sp³-hybridized carbons (Fsp3) is 0.611. The van der Waals surface area contributed by atoms with Crippen molar-refractivity contribution in [3.63, 3.8) is 0 Å². The van der Waals surface area contributed by atoms with Gasteiger partial charge >= 0.3 is 0 Å². The summed E-state index contributed by atoms with van der Waals surface area (Å²) >= 11 is 18.2. The fourth-order valence-corrected chi connectivity index (χ4v) is 3.97.